The standard InChI is InChI=1S/C16H16S/c1-3-12-17(2)15-10-6-4-8-13(15)14-9-5-7-11-16(14)17/h3-11H,1,12H2,2H3. The molecule has 0 saturated carbocycles. The molecule has 1 heteroatoms. The number of hydrogen-bond acceptors (Lipinski definition) is 0. The van der Waals surface area contributed by atoms with Gasteiger partial charge in [-0.25, -0.2) is 0 Å². The van der Waals surface area contributed by atoms with E-state index < -0.39 is 10.0 Å². The summed E-state index contributed by atoms with van der Waals surface area (Å²) in [5.74, 6) is 1.07. The van der Waals surface area contributed by atoms with Crippen molar-refractivity contribution in [2.75, 3.05) is 12.0 Å². The Bertz CT molecular complexity index is 538. The van der Waals surface area contributed by atoms with Gasteiger partial charge in [-0.05, 0) is 29.5 Å². The van der Waals surface area contributed by atoms with Crippen LogP contribution in [0.3, 0.4) is 0 Å². The van der Waals surface area contributed by atoms with Gasteiger partial charge in [-0.3, -0.25) is 0 Å². The maximum Gasteiger partial charge on any atom is 0.00272 e. The number of rotatable bonds is 2. The minimum Gasteiger partial charge on any atom is -0.186 e. The first-order valence-electron chi connectivity index (χ1n) is 5.83. The molecule has 0 aliphatic carbocycles. The molecule has 0 unspecified atom stereocenters. The molecule has 3 rings (SSSR count). The van der Waals surface area contributed by atoms with E-state index in [4.69, 9.17) is 0 Å². The molecule has 1 aliphatic heterocycles. The van der Waals surface area contributed by atoms with Crippen molar-refractivity contribution in [1.29, 1.82) is 0 Å². The van der Waals surface area contributed by atoms with E-state index in [0.717, 1.165) is 5.75 Å². The van der Waals surface area contributed by atoms with E-state index in [1.54, 1.807) is 0 Å². The lowest BCUT2D eigenvalue weighted by molar-refractivity contribution is 1.45. The summed E-state index contributed by atoms with van der Waals surface area (Å²) in [7, 11) is -0.890. The molecule has 1 heterocycles. The van der Waals surface area contributed by atoms with Crippen LogP contribution in [0.2, 0.25) is 0 Å². The molecule has 0 N–H and O–H groups in total. The Morgan fingerprint density at radius 1 is 0.941 bits per heavy atom. The second-order valence-electron chi connectivity index (χ2n) is 4.54. The first-order valence-corrected chi connectivity index (χ1v) is 8.04. The third kappa shape index (κ3) is 1.39. The van der Waals surface area contributed by atoms with Crippen molar-refractivity contribution in [1.82, 2.24) is 0 Å². The van der Waals surface area contributed by atoms with Gasteiger partial charge in [-0.15, -0.1) is 6.58 Å². The first kappa shape index (κ1) is 10.7. The van der Waals surface area contributed by atoms with E-state index in [1.165, 1.54) is 20.9 Å². The Morgan fingerprint density at radius 3 is 1.88 bits per heavy atom. The molecule has 0 amide bonds. The van der Waals surface area contributed by atoms with E-state index in [9.17, 15) is 0 Å². The van der Waals surface area contributed by atoms with Crippen molar-refractivity contribution in [2.24, 2.45) is 0 Å². The molecule has 0 nitrogen and oxygen atoms in total. The van der Waals surface area contributed by atoms with E-state index in [2.05, 4.69) is 67.4 Å². The second-order valence-corrected chi connectivity index (χ2v) is 7.92. The normalized spacial score (nSPS) is 17.0. The third-order valence-corrected chi connectivity index (χ3v) is 7.04. The molecular weight excluding hydrogens is 224 g/mol. The van der Waals surface area contributed by atoms with Crippen molar-refractivity contribution in [3.63, 3.8) is 0 Å². The van der Waals surface area contributed by atoms with Gasteiger partial charge in [0.05, 0.1) is 0 Å². The van der Waals surface area contributed by atoms with Gasteiger partial charge in [0.1, 0.15) is 0 Å². The van der Waals surface area contributed by atoms with Crippen LogP contribution in [0.25, 0.3) is 11.1 Å². The molecular formula is C16H16S. The molecule has 17 heavy (non-hydrogen) atoms. The highest BCUT2D eigenvalue weighted by Gasteiger charge is 2.33. The zero-order valence-corrected chi connectivity index (χ0v) is 10.8. The lowest BCUT2D eigenvalue weighted by atomic mass is 10.1. The van der Waals surface area contributed by atoms with Crippen LogP contribution in [0, 0.1) is 0 Å². The van der Waals surface area contributed by atoms with Gasteiger partial charge in [0, 0.05) is 15.5 Å². The van der Waals surface area contributed by atoms with Gasteiger partial charge in [-0.1, -0.05) is 42.5 Å². The van der Waals surface area contributed by atoms with Gasteiger partial charge in [-0.2, -0.15) is 10.0 Å². The Hall–Kier alpha value is -1.47. The number of fused-ring (bicyclic) bond motifs is 3. The summed E-state index contributed by atoms with van der Waals surface area (Å²) in [6.07, 6.45) is 4.47. The second kappa shape index (κ2) is 3.78. The Labute approximate surface area is 104 Å². The highest BCUT2D eigenvalue weighted by atomic mass is 32.3. The Morgan fingerprint density at radius 2 is 1.41 bits per heavy atom. The predicted octanol–water partition coefficient (Wildman–Crippen LogP) is 4.71. The molecule has 0 saturated heterocycles. The summed E-state index contributed by atoms with van der Waals surface area (Å²) < 4.78 is 0. The van der Waals surface area contributed by atoms with Crippen molar-refractivity contribution < 1.29 is 0 Å². The molecule has 0 atom stereocenters. The lowest BCUT2D eigenvalue weighted by Crippen LogP contribution is -1.99. The summed E-state index contributed by atoms with van der Waals surface area (Å²) >= 11 is 0. The molecule has 86 valence electrons. The van der Waals surface area contributed by atoms with Gasteiger partial charge in [0.2, 0.25) is 0 Å². The van der Waals surface area contributed by atoms with Gasteiger partial charge < -0.3 is 0 Å². The summed E-state index contributed by atoms with van der Waals surface area (Å²) in [6.45, 7) is 3.94. The monoisotopic (exact) mass is 240 g/mol. The molecule has 0 fully saturated rings. The van der Waals surface area contributed by atoms with Crippen molar-refractivity contribution in [3.8, 4) is 11.1 Å². The maximum atomic E-state index is 3.94. The molecule has 0 bridgehead atoms. The summed E-state index contributed by atoms with van der Waals surface area (Å²) in [4.78, 5) is 3.03. The van der Waals surface area contributed by atoms with E-state index in [-0.39, 0.29) is 0 Å². The van der Waals surface area contributed by atoms with Crippen LogP contribution in [0.5, 0.6) is 0 Å². The van der Waals surface area contributed by atoms with Crippen molar-refractivity contribution >= 4 is 10.0 Å². The van der Waals surface area contributed by atoms with Crippen LogP contribution in [-0.2, 0) is 0 Å². The lowest BCUT2D eigenvalue weighted by Gasteiger charge is -2.32. The topological polar surface area (TPSA) is 0 Å². The van der Waals surface area contributed by atoms with E-state index >= 15 is 0 Å². The Balaban J connectivity index is 2.34. The SMILES string of the molecule is C=CCS1(C)c2ccccc2-c2ccccc21. The molecule has 1 aliphatic rings. The first-order chi connectivity index (χ1) is 8.27. The van der Waals surface area contributed by atoms with E-state index in [1.807, 2.05) is 0 Å². The van der Waals surface area contributed by atoms with Crippen LogP contribution in [0.1, 0.15) is 0 Å². The molecule has 2 aromatic rings. The van der Waals surface area contributed by atoms with Crippen LogP contribution >= 0.6 is 10.0 Å². The smallest absolute Gasteiger partial charge is 0.00272 e. The van der Waals surface area contributed by atoms with Crippen LogP contribution in [-0.4, -0.2) is 12.0 Å². The predicted molar refractivity (Wildman–Crippen MR) is 77.0 cm³/mol. The fourth-order valence-corrected chi connectivity index (χ4v) is 5.85. The van der Waals surface area contributed by atoms with Gasteiger partial charge >= 0.3 is 0 Å². The summed E-state index contributed by atoms with van der Waals surface area (Å²) in [5, 5.41) is 0. The minimum atomic E-state index is -0.890. The highest BCUT2D eigenvalue weighted by molar-refractivity contribution is 8.33. The fraction of sp³-hybridized carbons (Fsp3) is 0.125. The number of hydrogen-bond donors (Lipinski definition) is 0. The van der Waals surface area contributed by atoms with E-state index in [0.29, 0.717) is 0 Å². The zero-order chi connectivity index (χ0) is 11.9. The quantitative estimate of drug-likeness (QED) is 0.667. The largest absolute Gasteiger partial charge is 0.186 e. The number of benzene rings is 2. The Kier molecular flexibility index (Phi) is 2.37. The van der Waals surface area contributed by atoms with Gasteiger partial charge in [0.15, 0.2) is 0 Å². The van der Waals surface area contributed by atoms with Crippen LogP contribution in [0.4, 0.5) is 0 Å². The molecule has 0 radical (unpaired) electrons. The van der Waals surface area contributed by atoms with Crippen molar-refractivity contribution in [2.45, 2.75) is 9.79 Å². The minimum absolute atomic E-state index is 0.890. The zero-order valence-electron chi connectivity index (χ0n) is 10.0. The molecule has 0 spiro atoms. The molecule has 2 aromatic carbocycles. The summed E-state index contributed by atoms with van der Waals surface area (Å²) in [6, 6.07) is 17.6. The molecule has 0 aromatic heterocycles. The van der Waals surface area contributed by atoms with Crippen LogP contribution in [0.15, 0.2) is 71.0 Å². The average Bonchev–Trinajstić information content (AvgIpc) is 2.62. The fourth-order valence-electron chi connectivity index (χ4n) is 2.70. The van der Waals surface area contributed by atoms with Crippen molar-refractivity contribution in [3.05, 3.63) is 61.2 Å². The van der Waals surface area contributed by atoms with Gasteiger partial charge in [0.25, 0.3) is 0 Å². The summed E-state index contributed by atoms with van der Waals surface area (Å²) in [5.41, 5.74) is 2.84. The third-order valence-electron chi connectivity index (χ3n) is 3.49. The maximum absolute atomic E-state index is 3.94. The average molecular weight is 240 g/mol. The highest BCUT2D eigenvalue weighted by Crippen LogP contribution is 2.69. The van der Waals surface area contributed by atoms with Crippen LogP contribution < -0.4 is 0 Å².